The van der Waals surface area contributed by atoms with Crippen LogP contribution in [0.15, 0.2) is 59.6 Å². The van der Waals surface area contributed by atoms with E-state index in [4.69, 9.17) is 4.74 Å². The topological polar surface area (TPSA) is 38.7 Å². The van der Waals surface area contributed by atoms with Crippen molar-refractivity contribution in [2.45, 2.75) is 52.1 Å². The van der Waals surface area contributed by atoms with Crippen LogP contribution in [0.5, 0.6) is 0 Å². The summed E-state index contributed by atoms with van der Waals surface area (Å²) in [7, 11) is 0. The van der Waals surface area contributed by atoms with Crippen molar-refractivity contribution >= 4 is 17.9 Å². The summed E-state index contributed by atoms with van der Waals surface area (Å²) in [5, 5.41) is 0. The summed E-state index contributed by atoms with van der Waals surface area (Å²) in [6, 6.07) is 17.5. The molecule has 3 heteroatoms. The van der Waals surface area contributed by atoms with Crippen molar-refractivity contribution in [2.75, 3.05) is 0 Å². The molecule has 0 spiro atoms. The van der Waals surface area contributed by atoms with Crippen molar-refractivity contribution in [2.24, 2.45) is 4.99 Å². The molecule has 0 bridgehead atoms. The van der Waals surface area contributed by atoms with Gasteiger partial charge >= 0.3 is 5.97 Å². The predicted molar refractivity (Wildman–Crippen MR) is 104 cm³/mol. The number of unbranched alkanes of at least 4 members (excludes halogenated alkanes) is 1. The van der Waals surface area contributed by atoms with Gasteiger partial charge in [0.05, 0.1) is 17.4 Å². The molecule has 0 saturated carbocycles. The van der Waals surface area contributed by atoms with Crippen molar-refractivity contribution in [1.29, 1.82) is 0 Å². The minimum absolute atomic E-state index is 0.129. The summed E-state index contributed by atoms with van der Waals surface area (Å²) in [5.74, 6) is -0.271. The number of rotatable bonds is 9. The minimum Gasteiger partial charge on any atom is -0.459 e. The van der Waals surface area contributed by atoms with Gasteiger partial charge in [0.1, 0.15) is 0 Å². The Labute approximate surface area is 150 Å². The number of aryl methyl sites for hydroxylation is 1. The van der Waals surface area contributed by atoms with Crippen molar-refractivity contribution in [3.8, 4) is 0 Å². The zero-order chi connectivity index (χ0) is 17.9. The van der Waals surface area contributed by atoms with Crippen molar-refractivity contribution < 1.29 is 9.53 Å². The van der Waals surface area contributed by atoms with Crippen LogP contribution in [-0.4, -0.2) is 18.3 Å². The number of esters is 1. The summed E-state index contributed by atoms with van der Waals surface area (Å²) < 4.78 is 5.44. The van der Waals surface area contributed by atoms with Gasteiger partial charge in [0.15, 0.2) is 0 Å². The number of aliphatic imine (C=N–C) groups is 1. The molecule has 1 atom stereocenters. The maximum absolute atomic E-state index is 12.0. The normalized spacial score (nSPS) is 12.2. The van der Waals surface area contributed by atoms with Crippen LogP contribution < -0.4 is 0 Å². The van der Waals surface area contributed by atoms with Gasteiger partial charge in [0, 0.05) is 6.21 Å². The molecule has 0 aliphatic carbocycles. The molecular weight excluding hydrogens is 310 g/mol. The summed E-state index contributed by atoms with van der Waals surface area (Å²) in [5.41, 5.74) is 2.92. The van der Waals surface area contributed by atoms with Crippen LogP contribution in [-0.2, 0) is 11.2 Å². The van der Waals surface area contributed by atoms with E-state index in [-0.39, 0.29) is 12.1 Å². The molecule has 0 aliphatic heterocycles. The molecule has 0 amide bonds. The van der Waals surface area contributed by atoms with Gasteiger partial charge in [-0.25, -0.2) is 4.79 Å². The molecule has 0 radical (unpaired) electrons. The fourth-order valence-corrected chi connectivity index (χ4v) is 2.49. The second-order valence-corrected chi connectivity index (χ2v) is 6.24. The lowest BCUT2D eigenvalue weighted by Gasteiger charge is -2.11. The van der Waals surface area contributed by atoms with Gasteiger partial charge in [-0.05, 0) is 62.4 Å². The van der Waals surface area contributed by atoms with E-state index < -0.39 is 0 Å². The van der Waals surface area contributed by atoms with E-state index in [2.05, 4.69) is 36.2 Å². The first-order valence-corrected chi connectivity index (χ1v) is 9.06. The Morgan fingerprint density at radius 1 is 1.12 bits per heavy atom. The summed E-state index contributed by atoms with van der Waals surface area (Å²) in [6.07, 6.45) is 6.88. The molecule has 0 heterocycles. The van der Waals surface area contributed by atoms with Gasteiger partial charge in [-0.1, -0.05) is 43.7 Å². The van der Waals surface area contributed by atoms with E-state index in [9.17, 15) is 4.79 Å². The van der Waals surface area contributed by atoms with Crippen LogP contribution in [0.2, 0.25) is 0 Å². The van der Waals surface area contributed by atoms with Crippen molar-refractivity contribution in [1.82, 2.24) is 0 Å². The fourth-order valence-electron chi connectivity index (χ4n) is 2.49. The Kier molecular flexibility index (Phi) is 7.90. The molecule has 132 valence electrons. The van der Waals surface area contributed by atoms with Crippen LogP contribution in [0.4, 0.5) is 5.69 Å². The first kappa shape index (κ1) is 18.9. The van der Waals surface area contributed by atoms with E-state index in [1.165, 1.54) is 18.4 Å². The van der Waals surface area contributed by atoms with E-state index in [0.717, 1.165) is 24.9 Å². The number of hydrogen-bond acceptors (Lipinski definition) is 3. The van der Waals surface area contributed by atoms with Gasteiger partial charge < -0.3 is 4.74 Å². The molecule has 0 saturated heterocycles. The molecule has 0 aromatic heterocycles. The summed E-state index contributed by atoms with van der Waals surface area (Å²) in [4.78, 5) is 16.4. The highest BCUT2D eigenvalue weighted by molar-refractivity contribution is 5.89. The van der Waals surface area contributed by atoms with Gasteiger partial charge in [0.25, 0.3) is 0 Å². The molecule has 0 N–H and O–H groups in total. The summed E-state index contributed by atoms with van der Waals surface area (Å²) in [6.45, 7) is 4.12. The average molecular weight is 337 g/mol. The zero-order valence-corrected chi connectivity index (χ0v) is 15.2. The van der Waals surface area contributed by atoms with E-state index in [1.54, 1.807) is 12.1 Å². The van der Waals surface area contributed by atoms with Gasteiger partial charge in [-0.2, -0.15) is 0 Å². The fraction of sp³-hybridized carbons (Fsp3) is 0.364. The van der Waals surface area contributed by atoms with Crippen LogP contribution >= 0.6 is 0 Å². The summed E-state index contributed by atoms with van der Waals surface area (Å²) >= 11 is 0. The molecular formula is C22H27NO2. The monoisotopic (exact) mass is 337 g/mol. The van der Waals surface area contributed by atoms with Gasteiger partial charge in [-0.3, -0.25) is 4.99 Å². The standard InChI is InChI=1S/C22H27NO2/c1-3-4-10-19-13-15-21(16-14-19)23-17-8-9-18(2)25-22(24)20-11-6-5-7-12-20/h5-7,11-18H,3-4,8-10H2,1-2H3. The van der Waals surface area contributed by atoms with Crippen LogP contribution in [0, 0.1) is 0 Å². The van der Waals surface area contributed by atoms with Crippen molar-refractivity contribution in [3.63, 3.8) is 0 Å². The van der Waals surface area contributed by atoms with Gasteiger partial charge in [0.2, 0.25) is 0 Å². The third-order valence-corrected chi connectivity index (χ3v) is 4.02. The SMILES string of the molecule is CCCCc1ccc(N=CCCC(C)OC(=O)c2ccccc2)cc1. The lowest BCUT2D eigenvalue weighted by atomic mass is 10.1. The molecule has 2 aromatic carbocycles. The highest BCUT2D eigenvalue weighted by Gasteiger charge is 2.10. The molecule has 0 aliphatic rings. The highest BCUT2D eigenvalue weighted by Crippen LogP contribution is 2.15. The Hall–Kier alpha value is -2.42. The smallest absolute Gasteiger partial charge is 0.338 e. The second kappa shape index (κ2) is 10.4. The van der Waals surface area contributed by atoms with Gasteiger partial charge in [-0.15, -0.1) is 0 Å². The van der Waals surface area contributed by atoms with Crippen LogP contribution in [0.1, 0.15) is 55.5 Å². The molecule has 3 nitrogen and oxygen atoms in total. The molecule has 1 unspecified atom stereocenters. The lowest BCUT2D eigenvalue weighted by Crippen LogP contribution is -2.15. The number of hydrogen-bond donors (Lipinski definition) is 0. The third-order valence-electron chi connectivity index (χ3n) is 4.02. The first-order chi connectivity index (χ1) is 12.2. The predicted octanol–water partition coefficient (Wildman–Crippen LogP) is 5.76. The molecule has 2 rings (SSSR count). The average Bonchev–Trinajstić information content (AvgIpc) is 2.65. The Balaban J connectivity index is 1.72. The number of nitrogens with zero attached hydrogens (tertiary/aromatic N) is 1. The van der Waals surface area contributed by atoms with E-state index in [1.807, 2.05) is 31.3 Å². The largest absolute Gasteiger partial charge is 0.459 e. The Bertz CT molecular complexity index is 662. The maximum Gasteiger partial charge on any atom is 0.338 e. The van der Waals surface area contributed by atoms with Crippen LogP contribution in [0.25, 0.3) is 0 Å². The van der Waals surface area contributed by atoms with E-state index >= 15 is 0 Å². The highest BCUT2D eigenvalue weighted by atomic mass is 16.5. The Morgan fingerprint density at radius 3 is 2.52 bits per heavy atom. The van der Waals surface area contributed by atoms with Crippen LogP contribution in [0.3, 0.4) is 0 Å². The zero-order valence-electron chi connectivity index (χ0n) is 15.2. The molecule has 0 fully saturated rings. The maximum atomic E-state index is 12.0. The van der Waals surface area contributed by atoms with Crippen molar-refractivity contribution in [3.05, 3.63) is 65.7 Å². The first-order valence-electron chi connectivity index (χ1n) is 9.06. The lowest BCUT2D eigenvalue weighted by molar-refractivity contribution is 0.0329. The minimum atomic E-state index is -0.271. The molecule has 2 aromatic rings. The Morgan fingerprint density at radius 2 is 1.84 bits per heavy atom. The second-order valence-electron chi connectivity index (χ2n) is 6.24. The quantitative estimate of drug-likeness (QED) is 0.431. The molecule has 25 heavy (non-hydrogen) atoms. The number of carbonyl (C=O) groups excluding carboxylic acids is 1. The van der Waals surface area contributed by atoms with E-state index in [0.29, 0.717) is 5.56 Å². The number of carbonyl (C=O) groups is 1. The number of ether oxygens (including phenoxy) is 1. The third kappa shape index (κ3) is 6.92. The number of benzene rings is 2.